The molecule has 180 valence electrons. The van der Waals surface area contributed by atoms with Crippen LogP contribution in [0, 0.1) is 18.7 Å². The normalized spacial score (nSPS) is 14.8. The highest BCUT2D eigenvalue weighted by Gasteiger charge is 2.38. The molecule has 1 unspecified atom stereocenters. The van der Waals surface area contributed by atoms with Gasteiger partial charge in [0.2, 0.25) is 0 Å². The Balaban J connectivity index is 1.70. The number of alkyl halides is 4. The maximum atomic E-state index is 13.8. The number of carbonyl (C=O) groups excluding carboxylic acids is 1. The minimum Gasteiger partial charge on any atom is -0.345 e. The van der Waals surface area contributed by atoms with E-state index in [1.54, 1.807) is 38.1 Å². The van der Waals surface area contributed by atoms with Crippen molar-refractivity contribution in [3.63, 3.8) is 0 Å². The van der Waals surface area contributed by atoms with Crippen LogP contribution in [0.25, 0.3) is 11.1 Å². The summed E-state index contributed by atoms with van der Waals surface area (Å²) in [6, 6.07) is 9.24. The first-order valence-corrected chi connectivity index (χ1v) is 12.1. The number of rotatable bonds is 7. The molecule has 1 aliphatic rings. The van der Waals surface area contributed by atoms with E-state index in [1.807, 2.05) is 0 Å². The molecular weight excluding hydrogens is 514 g/mol. The van der Waals surface area contributed by atoms with Gasteiger partial charge in [-0.15, -0.1) is 0 Å². The highest BCUT2D eigenvalue weighted by Crippen LogP contribution is 2.42. The zero-order valence-corrected chi connectivity index (χ0v) is 20.3. The molecule has 4 rings (SSSR count). The lowest BCUT2D eigenvalue weighted by atomic mass is 9.97. The number of hydrogen-bond donors (Lipinski definition) is 1. The van der Waals surface area contributed by atoms with E-state index < -0.39 is 11.9 Å². The molecule has 1 heterocycles. The molecule has 0 spiro atoms. The molecule has 0 bridgehead atoms. The Morgan fingerprint density at radius 3 is 2.56 bits per heavy atom. The zero-order valence-electron chi connectivity index (χ0n) is 18.7. The van der Waals surface area contributed by atoms with Gasteiger partial charge in [-0.2, -0.15) is 18.3 Å². The molecule has 9 heteroatoms. The van der Waals surface area contributed by atoms with Crippen molar-refractivity contribution >= 4 is 21.8 Å². The predicted molar refractivity (Wildman–Crippen MR) is 125 cm³/mol. The SMILES string of the molecule is CCn1cc(-c2cc(CBr)cc(C(=O)NC(c3ccc(F)c(C)c3)C3CC3)c2)c(C(F)(F)F)n1. The third-order valence-electron chi connectivity index (χ3n) is 6.00. The van der Waals surface area contributed by atoms with Gasteiger partial charge in [0.15, 0.2) is 5.69 Å². The summed E-state index contributed by atoms with van der Waals surface area (Å²) in [5.41, 5.74) is 1.46. The third kappa shape index (κ3) is 5.19. The second kappa shape index (κ2) is 9.52. The number of nitrogens with zero attached hydrogens (tertiary/aromatic N) is 2. The number of nitrogens with one attached hydrogen (secondary N) is 1. The van der Waals surface area contributed by atoms with E-state index >= 15 is 0 Å². The fourth-order valence-corrected chi connectivity index (χ4v) is 4.37. The average Bonchev–Trinajstić information content (AvgIpc) is 3.54. The standard InChI is InChI=1S/C25H24BrF4N3O/c1-3-33-13-20(23(32-33)25(28,29)30)18-9-15(12-26)10-19(11-18)24(34)31-22(16-4-5-16)17-6-7-21(27)14(2)8-17/h6-11,13,16,22H,3-5,12H2,1-2H3,(H,31,34). The summed E-state index contributed by atoms with van der Waals surface area (Å²) in [7, 11) is 0. The molecule has 34 heavy (non-hydrogen) atoms. The van der Waals surface area contributed by atoms with Crippen LogP contribution in [0.15, 0.2) is 42.6 Å². The summed E-state index contributed by atoms with van der Waals surface area (Å²) < 4.78 is 55.9. The molecule has 1 fully saturated rings. The topological polar surface area (TPSA) is 46.9 Å². The fourth-order valence-electron chi connectivity index (χ4n) is 4.05. The Hall–Kier alpha value is -2.68. The summed E-state index contributed by atoms with van der Waals surface area (Å²) >= 11 is 3.35. The molecule has 1 aliphatic carbocycles. The van der Waals surface area contributed by atoms with Crippen LogP contribution in [0.2, 0.25) is 0 Å². The van der Waals surface area contributed by atoms with Crippen LogP contribution in [0.5, 0.6) is 0 Å². The molecule has 4 nitrogen and oxygen atoms in total. The number of aromatic nitrogens is 2. The molecule has 3 aromatic rings. The second-order valence-corrected chi connectivity index (χ2v) is 9.15. The summed E-state index contributed by atoms with van der Waals surface area (Å²) in [6.45, 7) is 3.67. The van der Waals surface area contributed by atoms with Crippen LogP contribution >= 0.6 is 15.9 Å². The smallest absolute Gasteiger partial charge is 0.345 e. The van der Waals surface area contributed by atoms with E-state index in [1.165, 1.54) is 23.0 Å². The number of hydrogen-bond acceptors (Lipinski definition) is 2. The predicted octanol–water partition coefficient (Wildman–Crippen LogP) is 6.81. The first kappa shape index (κ1) is 24.4. The summed E-state index contributed by atoms with van der Waals surface area (Å²) in [5.74, 6) is -0.459. The minimum absolute atomic E-state index is 0.0703. The lowest BCUT2D eigenvalue weighted by Crippen LogP contribution is -2.30. The Labute approximate surface area is 203 Å². The Morgan fingerprint density at radius 2 is 1.97 bits per heavy atom. The molecular formula is C25H24BrF4N3O. The van der Waals surface area contributed by atoms with Gasteiger partial charge in [0, 0.05) is 29.2 Å². The Bertz CT molecular complexity index is 1220. The lowest BCUT2D eigenvalue weighted by molar-refractivity contribution is -0.141. The maximum absolute atomic E-state index is 13.8. The Morgan fingerprint density at radius 1 is 1.24 bits per heavy atom. The van der Waals surface area contributed by atoms with Crippen molar-refractivity contribution in [3.05, 3.63) is 76.4 Å². The van der Waals surface area contributed by atoms with Crippen LogP contribution in [-0.4, -0.2) is 15.7 Å². The number of amides is 1. The zero-order chi connectivity index (χ0) is 24.6. The monoisotopic (exact) mass is 537 g/mol. The van der Waals surface area contributed by atoms with E-state index in [0.29, 0.717) is 16.5 Å². The number of carbonyl (C=O) groups is 1. The van der Waals surface area contributed by atoms with Gasteiger partial charge in [-0.1, -0.05) is 34.1 Å². The van der Waals surface area contributed by atoms with E-state index in [9.17, 15) is 22.4 Å². The number of halogens is 5. The van der Waals surface area contributed by atoms with Crippen molar-refractivity contribution in [3.8, 4) is 11.1 Å². The van der Waals surface area contributed by atoms with Crippen molar-refractivity contribution < 1.29 is 22.4 Å². The fraction of sp³-hybridized carbons (Fsp3) is 0.360. The molecule has 0 aliphatic heterocycles. The van der Waals surface area contributed by atoms with Gasteiger partial charge >= 0.3 is 6.18 Å². The van der Waals surface area contributed by atoms with Crippen molar-refractivity contribution in [2.75, 3.05) is 0 Å². The van der Waals surface area contributed by atoms with Crippen LogP contribution in [-0.2, 0) is 18.1 Å². The van der Waals surface area contributed by atoms with Gasteiger partial charge in [-0.25, -0.2) is 4.39 Å². The second-order valence-electron chi connectivity index (χ2n) is 8.59. The van der Waals surface area contributed by atoms with Gasteiger partial charge < -0.3 is 5.32 Å². The largest absolute Gasteiger partial charge is 0.435 e. The molecule has 0 radical (unpaired) electrons. The first-order chi connectivity index (χ1) is 16.1. The van der Waals surface area contributed by atoms with E-state index in [0.717, 1.165) is 18.4 Å². The summed E-state index contributed by atoms with van der Waals surface area (Å²) in [5, 5.41) is 7.09. The van der Waals surface area contributed by atoms with Gasteiger partial charge in [0.25, 0.3) is 5.91 Å². The third-order valence-corrected chi connectivity index (χ3v) is 6.64. The average molecular weight is 538 g/mol. The van der Waals surface area contributed by atoms with E-state index in [-0.39, 0.29) is 46.9 Å². The van der Waals surface area contributed by atoms with Gasteiger partial charge in [0.05, 0.1) is 6.04 Å². The Kier molecular flexibility index (Phi) is 6.85. The minimum atomic E-state index is -4.62. The van der Waals surface area contributed by atoms with Gasteiger partial charge in [-0.05, 0) is 73.1 Å². The van der Waals surface area contributed by atoms with Crippen LogP contribution in [0.3, 0.4) is 0 Å². The summed E-state index contributed by atoms with van der Waals surface area (Å²) in [6.07, 6.45) is -1.38. The van der Waals surface area contributed by atoms with Crippen molar-refractivity contribution in [1.29, 1.82) is 0 Å². The summed E-state index contributed by atoms with van der Waals surface area (Å²) in [4.78, 5) is 13.3. The lowest BCUT2D eigenvalue weighted by Gasteiger charge is -2.20. The molecule has 1 N–H and O–H groups in total. The highest BCUT2D eigenvalue weighted by atomic mass is 79.9. The van der Waals surface area contributed by atoms with Crippen molar-refractivity contribution in [2.45, 2.75) is 50.8 Å². The first-order valence-electron chi connectivity index (χ1n) is 11.0. The molecule has 1 aromatic heterocycles. The molecule has 1 atom stereocenters. The van der Waals surface area contributed by atoms with E-state index in [4.69, 9.17) is 0 Å². The van der Waals surface area contributed by atoms with E-state index in [2.05, 4.69) is 26.3 Å². The molecule has 1 saturated carbocycles. The van der Waals surface area contributed by atoms with Gasteiger partial charge in [0.1, 0.15) is 5.82 Å². The van der Waals surface area contributed by atoms with Crippen molar-refractivity contribution in [1.82, 2.24) is 15.1 Å². The highest BCUT2D eigenvalue weighted by molar-refractivity contribution is 9.08. The number of benzene rings is 2. The quantitative estimate of drug-likeness (QED) is 0.265. The van der Waals surface area contributed by atoms with Crippen LogP contribution in [0.4, 0.5) is 17.6 Å². The van der Waals surface area contributed by atoms with Crippen molar-refractivity contribution in [2.24, 2.45) is 5.92 Å². The molecule has 2 aromatic carbocycles. The van der Waals surface area contributed by atoms with Crippen LogP contribution < -0.4 is 5.32 Å². The molecule has 0 saturated heterocycles. The maximum Gasteiger partial charge on any atom is 0.435 e. The molecule has 1 amide bonds. The van der Waals surface area contributed by atoms with Crippen LogP contribution in [0.1, 0.15) is 58.5 Å². The number of aryl methyl sites for hydroxylation is 2. The van der Waals surface area contributed by atoms with Gasteiger partial charge in [-0.3, -0.25) is 9.48 Å².